The van der Waals surface area contributed by atoms with Crippen molar-refractivity contribution in [1.29, 1.82) is 0 Å². The average molecular weight is 423 g/mol. The van der Waals surface area contributed by atoms with E-state index in [0.29, 0.717) is 0 Å². The number of ether oxygens (including phenoxy) is 2. The third-order valence-electron chi connectivity index (χ3n) is 4.13. The molecule has 5 N–H and O–H groups in total. The molecule has 1 aromatic rings. The molecule has 2 heterocycles. The van der Waals surface area contributed by atoms with Gasteiger partial charge in [-0.2, -0.15) is 0 Å². The summed E-state index contributed by atoms with van der Waals surface area (Å²) in [5, 5.41) is 22.5. The van der Waals surface area contributed by atoms with Gasteiger partial charge in [0.25, 0.3) is 11.5 Å². The number of rotatable bonds is 7. The van der Waals surface area contributed by atoms with E-state index in [9.17, 15) is 38.9 Å². The van der Waals surface area contributed by atoms with E-state index in [0.717, 1.165) is 21.4 Å². The standard InChI is InChI=1S/C14H22N3O10P/c1-3-15-11(21)13(28(23,24)25)26-6-7-9(19)10(20)12(27-7)17-5-4-8(18)16(2)14(17)22/h4-5,7,9-10,12-13,19-20H,3,6H2,1-2H3,(H,15,21)(H2,23,24,25)/t7-,9-,10-,12-,13?/m1/s1. The highest BCUT2D eigenvalue weighted by molar-refractivity contribution is 7.53. The number of aliphatic hydroxyl groups is 2. The lowest BCUT2D eigenvalue weighted by Crippen LogP contribution is -2.41. The second-order valence-electron chi connectivity index (χ2n) is 6.12. The van der Waals surface area contributed by atoms with Crippen molar-refractivity contribution in [1.82, 2.24) is 14.5 Å². The molecule has 0 radical (unpaired) electrons. The zero-order valence-electron chi connectivity index (χ0n) is 15.0. The van der Waals surface area contributed by atoms with Gasteiger partial charge in [0.2, 0.25) is 5.85 Å². The smallest absolute Gasteiger partial charge is 0.363 e. The number of amides is 1. The average Bonchev–Trinajstić information content (AvgIpc) is 2.88. The van der Waals surface area contributed by atoms with E-state index >= 15 is 0 Å². The van der Waals surface area contributed by atoms with Crippen LogP contribution in [0.2, 0.25) is 0 Å². The van der Waals surface area contributed by atoms with E-state index < -0.39 is 61.7 Å². The summed E-state index contributed by atoms with van der Waals surface area (Å²) < 4.78 is 23.5. The van der Waals surface area contributed by atoms with E-state index in [2.05, 4.69) is 5.32 Å². The molecule has 1 amide bonds. The minimum absolute atomic E-state index is 0.109. The molecule has 5 atom stereocenters. The Hall–Kier alpha value is -1.86. The number of carbonyl (C=O) groups excluding carboxylic acids is 1. The third kappa shape index (κ3) is 4.58. The van der Waals surface area contributed by atoms with Crippen molar-refractivity contribution in [3.8, 4) is 0 Å². The zero-order valence-corrected chi connectivity index (χ0v) is 15.9. The number of likely N-dealkylation sites (N-methyl/N-ethyl adjacent to an activating group) is 1. The summed E-state index contributed by atoms with van der Waals surface area (Å²) in [6.07, 6.45) is -4.77. The Labute approximate surface area is 158 Å². The number of aromatic nitrogens is 2. The third-order valence-corrected chi connectivity index (χ3v) is 5.12. The maximum Gasteiger partial charge on any atom is 0.363 e. The quantitative estimate of drug-likeness (QED) is 0.280. The van der Waals surface area contributed by atoms with Crippen LogP contribution >= 0.6 is 7.60 Å². The lowest BCUT2D eigenvalue weighted by Gasteiger charge is -2.21. The molecule has 1 aliphatic heterocycles. The number of hydrogen-bond acceptors (Lipinski definition) is 8. The van der Waals surface area contributed by atoms with Crippen molar-refractivity contribution in [2.45, 2.75) is 37.3 Å². The largest absolute Gasteiger partial charge is 0.387 e. The van der Waals surface area contributed by atoms with Gasteiger partial charge in [0.1, 0.15) is 18.3 Å². The Morgan fingerprint density at radius 1 is 1.36 bits per heavy atom. The first-order chi connectivity index (χ1) is 13.0. The first-order valence-corrected chi connectivity index (χ1v) is 9.91. The molecule has 1 unspecified atom stereocenters. The molecule has 1 saturated heterocycles. The van der Waals surface area contributed by atoms with Gasteiger partial charge >= 0.3 is 13.3 Å². The molecule has 1 aromatic heterocycles. The van der Waals surface area contributed by atoms with Gasteiger partial charge in [0.15, 0.2) is 6.23 Å². The topological polar surface area (TPSA) is 190 Å². The zero-order chi connectivity index (χ0) is 21.2. The van der Waals surface area contributed by atoms with Crippen LogP contribution in [0.4, 0.5) is 0 Å². The van der Waals surface area contributed by atoms with Crippen molar-refractivity contribution in [2.24, 2.45) is 7.05 Å². The van der Waals surface area contributed by atoms with Gasteiger partial charge in [-0.1, -0.05) is 0 Å². The lowest BCUT2D eigenvalue weighted by molar-refractivity contribution is -0.132. The molecule has 158 valence electrons. The Morgan fingerprint density at radius 3 is 2.57 bits per heavy atom. The summed E-state index contributed by atoms with van der Waals surface area (Å²) in [5.74, 6) is -3.17. The van der Waals surface area contributed by atoms with E-state index in [-0.39, 0.29) is 6.54 Å². The fraction of sp³-hybridized carbons (Fsp3) is 0.643. The first kappa shape index (κ1) is 22.4. The molecule has 14 heteroatoms. The maximum atomic E-state index is 12.2. The molecule has 2 rings (SSSR count). The van der Waals surface area contributed by atoms with E-state index in [4.69, 9.17) is 9.47 Å². The molecular weight excluding hydrogens is 401 g/mol. The van der Waals surface area contributed by atoms with Crippen molar-refractivity contribution in [3.63, 3.8) is 0 Å². The lowest BCUT2D eigenvalue weighted by atomic mass is 10.1. The van der Waals surface area contributed by atoms with Gasteiger partial charge in [-0.3, -0.25) is 23.3 Å². The number of carbonyl (C=O) groups is 1. The normalized spacial score (nSPS) is 26.2. The minimum Gasteiger partial charge on any atom is -0.387 e. The van der Waals surface area contributed by atoms with Gasteiger partial charge in [-0.25, -0.2) is 4.79 Å². The van der Waals surface area contributed by atoms with Crippen LogP contribution in [-0.4, -0.2) is 72.3 Å². The van der Waals surface area contributed by atoms with Gasteiger partial charge in [-0.15, -0.1) is 0 Å². The Bertz CT molecular complexity index is 877. The number of nitrogens with one attached hydrogen (secondary N) is 1. The Kier molecular flexibility index (Phi) is 6.93. The molecule has 0 aromatic carbocycles. The summed E-state index contributed by atoms with van der Waals surface area (Å²) >= 11 is 0. The van der Waals surface area contributed by atoms with Crippen LogP contribution in [0.3, 0.4) is 0 Å². The Morgan fingerprint density at radius 2 is 2.00 bits per heavy atom. The summed E-state index contributed by atoms with van der Waals surface area (Å²) in [4.78, 5) is 54.0. The minimum atomic E-state index is -4.97. The molecule has 1 aliphatic rings. The van der Waals surface area contributed by atoms with Crippen molar-refractivity contribution in [2.75, 3.05) is 13.2 Å². The van der Waals surface area contributed by atoms with Crippen LogP contribution in [0.25, 0.3) is 0 Å². The SMILES string of the molecule is CCNC(=O)C(OC[C@H]1O[C@@H](n2ccc(=O)n(C)c2=O)[C@H](O)[C@@H]1O)P(=O)(O)O. The summed E-state index contributed by atoms with van der Waals surface area (Å²) in [6, 6.07) is 1.06. The van der Waals surface area contributed by atoms with Crippen LogP contribution in [-0.2, 0) is 25.9 Å². The second-order valence-corrected chi connectivity index (χ2v) is 7.77. The van der Waals surface area contributed by atoms with Crippen LogP contribution in [0, 0.1) is 0 Å². The van der Waals surface area contributed by atoms with Gasteiger partial charge in [0, 0.05) is 25.9 Å². The highest BCUT2D eigenvalue weighted by Gasteiger charge is 2.46. The molecule has 0 aliphatic carbocycles. The summed E-state index contributed by atoms with van der Waals surface area (Å²) in [6.45, 7) is 1.00. The predicted octanol–water partition coefficient (Wildman–Crippen LogP) is -3.18. The van der Waals surface area contributed by atoms with Crippen LogP contribution < -0.4 is 16.6 Å². The molecule has 28 heavy (non-hydrogen) atoms. The number of hydrogen-bond donors (Lipinski definition) is 5. The van der Waals surface area contributed by atoms with Crippen LogP contribution in [0.15, 0.2) is 21.9 Å². The molecule has 0 saturated carbocycles. The predicted molar refractivity (Wildman–Crippen MR) is 92.3 cm³/mol. The molecular formula is C14H22N3O10P. The van der Waals surface area contributed by atoms with Crippen molar-refractivity contribution in [3.05, 3.63) is 33.1 Å². The fourth-order valence-corrected chi connectivity index (χ4v) is 3.33. The number of nitrogens with zero attached hydrogens (tertiary/aromatic N) is 2. The second kappa shape index (κ2) is 8.66. The highest BCUT2D eigenvalue weighted by atomic mass is 31.2. The molecule has 0 bridgehead atoms. The highest BCUT2D eigenvalue weighted by Crippen LogP contribution is 2.42. The van der Waals surface area contributed by atoms with Crippen molar-refractivity contribution >= 4 is 13.5 Å². The number of aliphatic hydroxyl groups excluding tert-OH is 2. The fourth-order valence-electron chi connectivity index (χ4n) is 2.65. The van der Waals surface area contributed by atoms with E-state index in [1.54, 1.807) is 6.92 Å². The van der Waals surface area contributed by atoms with Gasteiger partial charge in [0.05, 0.1) is 6.61 Å². The Balaban J connectivity index is 2.17. The first-order valence-electron chi connectivity index (χ1n) is 8.23. The van der Waals surface area contributed by atoms with Gasteiger partial charge in [-0.05, 0) is 6.92 Å². The molecule has 1 fully saturated rings. The monoisotopic (exact) mass is 423 g/mol. The molecule has 0 spiro atoms. The summed E-state index contributed by atoms with van der Waals surface area (Å²) in [7, 11) is -3.76. The maximum absolute atomic E-state index is 12.2. The van der Waals surface area contributed by atoms with Crippen molar-refractivity contribution < 1.29 is 38.8 Å². The van der Waals surface area contributed by atoms with E-state index in [1.165, 1.54) is 7.05 Å². The van der Waals surface area contributed by atoms with Crippen LogP contribution in [0.1, 0.15) is 13.2 Å². The van der Waals surface area contributed by atoms with E-state index in [1.807, 2.05) is 0 Å². The molecule has 13 nitrogen and oxygen atoms in total. The van der Waals surface area contributed by atoms with Gasteiger partial charge < -0.3 is 34.8 Å². The van der Waals surface area contributed by atoms with Crippen LogP contribution in [0.5, 0.6) is 0 Å². The summed E-state index contributed by atoms with van der Waals surface area (Å²) in [5.41, 5.74) is -1.39.